The number of carbonyl (C=O) groups excluding carboxylic acids is 1. The highest BCUT2D eigenvalue weighted by molar-refractivity contribution is 7.91. The Morgan fingerprint density at radius 1 is 0.840 bits per heavy atom. The Bertz CT molecular complexity index is 1880. The van der Waals surface area contributed by atoms with E-state index >= 15 is 0 Å². The first kappa shape index (κ1) is 37.2. The van der Waals surface area contributed by atoms with Crippen LogP contribution in [0.4, 0.5) is 0 Å². The molecular weight excluding hydrogens is 663 g/mol. The summed E-state index contributed by atoms with van der Waals surface area (Å²) in [6.07, 6.45) is 2.74. The van der Waals surface area contributed by atoms with Crippen molar-refractivity contribution in [3.63, 3.8) is 0 Å². The Morgan fingerprint density at radius 2 is 1.48 bits per heavy atom. The molecule has 263 valence electrons. The standard InChI is InChI=1S/C41H48NO6SSi/c1-30-27-32(31-23-25-42(26-24-31)49(44,45)41(5,6)39(43)46-7)21-22-37(30)33-15-14-16-34(28-33)47-38(29-40(2,3)4)48-50(35-17-10-8-11-18-35)36-19-12-9-13-20-36/h8-23,27-28,38H,24-26,29H2,1-7H3. The van der Waals surface area contributed by atoms with Gasteiger partial charge in [-0.15, -0.1) is 0 Å². The number of nitrogens with zero attached hydrogens (tertiary/aromatic N) is 1. The molecule has 1 aliphatic heterocycles. The second-order valence-corrected chi connectivity index (χ2v) is 18.9. The van der Waals surface area contributed by atoms with Gasteiger partial charge in [0.05, 0.1) is 7.11 Å². The van der Waals surface area contributed by atoms with Gasteiger partial charge in [-0.05, 0) is 82.9 Å². The lowest BCUT2D eigenvalue weighted by atomic mass is 9.92. The highest BCUT2D eigenvalue weighted by Gasteiger charge is 2.46. The number of esters is 1. The van der Waals surface area contributed by atoms with Crippen LogP contribution in [0.25, 0.3) is 16.7 Å². The van der Waals surface area contributed by atoms with Crippen LogP contribution in [0.2, 0.25) is 0 Å². The van der Waals surface area contributed by atoms with E-state index in [-0.39, 0.29) is 12.0 Å². The third kappa shape index (κ3) is 8.64. The lowest BCUT2D eigenvalue weighted by Crippen LogP contribution is -2.51. The second-order valence-electron chi connectivity index (χ2n) is 14.4. The minimum atomic E-state index is -3.89. The summed E-state index contributed by atoms with van der Waals surface area (Å²) in [5.41, 5.74) is 5.34. The van der Waals surface area contributed by atoms with E-state index < -0.39 is 36.1 Å². The first-order chi connectivity index (χ1) is 23.7. The number of ether oxygens (including phenoxy) is 2. The Balaban J connectivity index is 1.35. The molecule has 0 aromatic heterocycles. The largest absolute Gasteiger partial charge is 0.468 e. The molecular formula is C41H48NO6SSi. The van der Waals surface area contributed by atoms with E-state index in [2.05, 4.69) is 107 Å². The summed E-state index contributed by atoms with van der Waals surface area (Å²) in [6, 6.07) is 35.3. The molecule has 1 unspecified atom stereocenters. The zero-order valence-electron chi connectivity index (χ0n) is 30.1. The van der Waals surface area contributed by atoms with Crippen molar-refractivity contribution in [2.45, 2.75) is 65.4 Å². The van der Waals surface area contributed by atoms with Gasteiger partial charge in [-0.3, -0.25) is 4.79 Å². The van der Waals surface area contributed by atoms with Crippen molar-refractivity contribution in [3.05, 3.63) is 120 Å². The van der Waals surface area contributed by atoms with Gasteiger partial charge >= 0.3 is 5.97 Å². The summed E-state index contributed by atoms with van der Waals surface area (Å²) >= 11 is 0. The van der Waals surface area contributed by atoms with Gasteiger partial charge in [-0.1, -0.05) is 118 Å². The van der Waals surface area contributed by atoms with Crippen molar-refractivity contribution >= 4 is 41.0 Å². The van der Waals surface area contributed by atoms with Gasteiger partial charge < -0.3 is 13.9 Å². The Hall–Kier alpha value is -4.02. The van der Waals surface area contributed by atoms with Crippen LogP contribution in [0.3, 0.4) is 0 Å². The average molecular weight is 711 g/mol. The molecule has 0 fully saturated rings. The fourth-order valence-electron chi connectivity index (χ4n) is 6.10. The van der Waals surface area contributed by atoms with Crippen molar-refractivity contribution in [1.29, 1.82) is 0 Å². The predicted molar refractivity (Wildman–Crippen MR) is 203 cm³/mol. The van der Waals surface area contributed by atoms with Crippen molar-refractivity contribution in [2.75, 3.05) is 20.2 Å². The summed E-state index contributed by atoms with van der Waals surface area (Å²) in [6.45, 7) is 12.0. The number of benzene rings is 4. The molecule has 1 aliphatic rings. The van der Waals surface area contributed by atoms with Crippen LogP contribution in [0.5, 0.6) is 5.75 Å². The van der Waals surface area contributed by atoms with E-state index in [1.54, 1.807) is 0 Å². The molecule has 0 spiro atoms. The highest BCUT2D eigenvalue weighted by atomic mass is 32.2. The van der Waals surface area contributed by atoms with Crippen molar-refractivity contribution in [2.24, 2.45) is 5.41 Å². The van der Waals surface area contributed by atoms with Crippen molar-refractivity contribution in [1.82, 2.24) is 4.31 Å². The molecule has 7 nitrogen and oxygen atoms in total. The minimum Gasteiger partial charge on any atom is -0.468 e. The summed E-state index contributed by atoms with van der Waals surface area (Å²) in [4.78, 5) is 12.2. The number of methoxy groups -OCH3 is 1. The molecule has 0 bridgehead atoms. The molecule has 4 aromatic carbocycles. The van der Waals surface area contributed by atoms with E-state index in [0.717, 1.165) is 33.6 Å². The first-order valence-electron chi connectivity index (χ1n) is 17.0. The summed E-state index contributed by atoms with van der Waals surface area (Å²) in [5.74, 6) is -0.0241. The zero-order valence-corrected chi connectivity index (χ0v) is 31.9. The number of hydrogen-bond donors (Lipinski definition) is 0. The zero-order chi connectivity index (χ0) is 36.1. The monoisotopic (exact) mass is 710 g/mol. The molecule has 1 heterocycles. The highest BCUT2D eigenvalue weighted by Crippen LogP contribution is 2.33. The van der Waals surface area contributed by atoms with Gasteiger partial charge in [0.1, 0.15) is 5.75 Å². The van der Waals surface area contributed by atoms with Crippen LogP contribution < -0.4 is 15.1 Å². The lowest BCUT2D eigenvalue weighted by Gasteiger charge is -2.32. The summed E-state index contributed by atoms with van der Waals surface area (Å²) in [5, 5.41) is 2.34. The van der Waals surface area contributed by atoms with Crippen LogP contribution >= 0.6 is 0 Å². The number of hydrogen-bond acceptors (Lipinski definition) is 6. The minimum absolute atomic E-state index is 0.0262. The molecule has 1 radical (unpaired) electrons. The van der Waals surface area contributed by atoms with Crippen LogP contribution in [0.1, 0.15) is 58.6 Å². The van der Waals surface area contributed by atoms with Gasteiger partial charge in [-0.2, -0.15) is 4.31 Å². The molecule has 50 heavy (non-hydrogen) atoms. The van der Waals surface area contributed by atoms with Gasteiger partial charge in [0.2, 0.25) is 10.0 Å². The fourth-order valence-corrected chi connectivity index (χ4v) is 9.63. The number of carbonyl (C=O) groups is 1. The van der Waals surface area contributed by atoms with E-state index in [0.29, 0.717) is 19.4 Å². The van der Waals surface area contributed by atoms with Crippen LogP contribution in [-0.4, -0.2) is 59.0 Å². The van der Waals surface area contributed by atoms with Gasteiger partial charge in [-0.25, -0.2) is 8.42 Å². The molecule has 5 rings (SSSR count). The number of sulfonamides is 1. The quantitative estimate of drug-likeness (QED) is 0.0896. The van der Waals surface area contributed by atoms with E-state index in [9.17, 15) is 13.2 Å². The second kappa shape index (κ2) is 15.5. The maximum Gasteiger partial charge on any atom is 0.328 e. The summed E-state index contributed by atoms with van der Waals surface area (Å²) in [7, 11) is -4.27. The fraction of sp³-hybridized carbons (Fsp3) is 0.341. The van der Waals surface area contributed by atoms with Gasteiger partial charge in [0.15, 0.2) is 11.0 Å². The molecule has 0 N–H and O–H groups in total. The maximum atomic E-state index is 13.2. The Kier molecular flexibility index (Phi) is 11.5. The molecule has 0 aliphatic carbocycles. The van der Waals surface area contributed by atoms with Crippen LogP contribution in [0, 0.1) is 12.3 Å². The smallest absolute Gasteiger partial charge is 0.328 e. The van der Waals surface area contributed by atoms with E-state index in [4.69, 9.17) is 13.9 Å². The number of aryl methyl sites for hydroxylation is 1. The summed E-state index contributed by atoms with van der Waals surface area (Å²) < 4.78 is 44.5. The molecule has 4 aromatic rings. The van der Waals surface area contributed by atoms with Crippen LogP contribution in [0.15, 0.2) is 109 Å². The molecule has 0 saturated carbocycles. The first-order valence-corrected chi connectivity index (χ1v) is 19.8. The van der Waals surface area contributed by atoms with E-state index in [1.165, 1.54) is 35.6 Å². The number of rotatable bonds is 12. The predicted octanol–water partition coefficient (Wildman–Crippen LogP) is 7.00. The van der Waals surface area contributed by atoms with E-state index in [1.807, 2.05) is 30.3 Å². The normalized spacial score (nSPS) is 15.0. The Labute approximate surface area is 299 Å². The average Bonchev–Trinajstić information content (AvgIpc) is 3.10. The Morgan fingerprint density at radius 3 is 2.02 bits per heavy atom. The topological polar surface area (TPSA) is 82.1 Å². The molecule has 1 atom stereocenters. The molecule has 0 saturated heterocycles. The maximum absolute atomic E-state index is 13.2. The van der Waals surface area contributed by atoms with Gasteiger partial charge in [0, 0.05) is 19.5 Å². The molecule has 0 amide bonds. The third-order valence-electron chi connectivity index (χ3n) is 8.94. The lowest BCUT2D eigenvalue weighted by molar-refractivity contribution is -0.142. The SMILES string of the molecule is COC(=O)C(C)(C)S(=O)(=O)N1CC=C(c2ccc(-c3cccc(OC(CC(C)(C)C)O[Si](c4ccccc4)c4ccccc4)c3)c(C)c2)CC1. The third-order valence-corrected chi connectivity index (χ3v) is 13.6. The van der Waals surface area contributed by atoms with Crippen LogP contribution in [-0.2, 0) is 24.0 Å². The molecule has 9 heteroatoms. The van der Waals surface area contributed by atoms with Crippen molar-refractivity contribution < 1.29 is 27.1 Å². The van der Waals surface area contributed by atoms with Crippen molar-refractivity contribution in [3.8, 4) is 16.9 Å². The van der Waals surface area contributed by atoms with Gasteiger partial charge in [0.25, 0.3) is 9.04 Å².